The van der Waals surface area contributed by atoms with E-state index < -0.39 is 51.3 Å². The second kappa shape index (κ2) is 7.42. The van der Waals surface area contributed by atoms with Crippen molar-refractivity contribution in [1.29, 1.82) is 0 Å². The molecule has 0 atom stereocenters. The van der Waals surface area contributed by atoms with Gasteiger partial charge in [0.25, 0.3) is 0 Å². The molecular formula is C16H8Cl2O8. The highest BCUT2D eigenvalue weighted by atomic mass is 35.5. The Labute approximate surface area is 155 Å². The van der Waals surface area contributed by atoms with Crippen LogP contribution in [0.3, 0.4) is 0 Å². The molecule has 0 aromatic heterocycles. The van der Waals surface area contributed by atoms with Gasteiger partial charge >= 0.3 is 23.9 Å². The van der Waals surface area contributed by atoms with Crippen molar-refractivity contribution in [3.05, 3.63) is 62.6 Å². The Morgan fingerprint density at radius 1 is 0.808 bits per heavy atom. The first-order chi connectivity index (χ1) is 12.1. The Morgan fingerprint density at radius 2 is 1.35 bits per heavy atom. The van der Waals surface area contributed by atoms with Gasteiger partial charge in [-0.15, -0.1) is 0 Å². The highest BCUT2D eigenvalue weighted by Gasteiger charge is 2.29. The van der Waals surface area contributed by atoms with Gasteiger partial charge in [-0.25, -0.2) is 19.2 Å². The van der Waals surface area contributed by atoms with Crippen LogP contribution in [0.25, 0.3) is 0 Å². The van der Waals surface area contributed by atoms with E-state index in [1.165, 1.54) is 12.1 Å². The number of carboxylic acid groups (broad SMARTS) is 3. The van der Waals surface area contributed by atoms with Crippen LogP contribution in [0.2, 0.25) is 10.0 Å². The second-order valence-electron chi connectivity index (χ2n) is 4.77. The molecule has 8 nitrogen and oxygen atoms in total. The summed E-state index contributed by atoms with van der Waals surface area (Å²) in [5.41, 5.74) is -2.43. The van der Waals surface area contributed by atoms with Gasteiger partial charge in [-0.2, -0.15) is 0 Å². The van der Waals surface area contributed by atoms with E-state index in [1.54, 1.807) is 0 Å². The Bertz CT molecular complexity index is 952. The van der Waals surface area contributed by atoms with Gasteiger partial charge in [0.1, 0.15) is 10.6 Å². The van der Waals surface area contributed by atoms with E-state index in [1.807, 2.05) is 0 Å². The Hall–Kier alpha value is -3.10. The molecule has 0 saturated carbocycles. The van der Waals surface area contributed by atoms with E-state index in [2.05, 4.69) is 0 Å². The molecule has 0 saturated heterocycles. The maximum absolute atomic E-state index is 12.3. The summed E-state index contributed by atoms with van der Waals surface area (Å²) < 4.78 is 4.92. The van der Waals surface area contributed by atoms with Crippen LogP contribution in [0.15, 0.2) is 30.3 Å². The lowest BCUT2D eigenvalue weighted by atomic mass is 10.1. The van der Waals surface area contributed by atoms with Crippen molar-refractivity contribution in [1.82, 2.24) is 0 Å². The molecule has 0 aliphatic heterocycles. The largest absolute Gasteiger partial charge is 0.478 e. The van der Waals surface area contributed by atoms with Gasteiger partial charge in [0.15, 0.2) is 5.75 Å². The highest BCUT2D eigenvalue weighted by molar-refractivity contribution is 6.43. The zero-order chi connectivity index (χ0) is 19.6. The summed E-state index contributed by atoms with van der Waals surface area (Å²) in [6.07, 6.45) is 0. The minimum Gasteiger partial charge on any atom is -0.478 e. The van der Waals surface area contributed by atoms with Crippen molar-refractivity contribution in [2.24, 2.45) is 0 Å². The van der Waals surface area contributed by atoms with Crippen molar-refractivity contribution in [2.45, 2.75) is 0 Å². The molecule has 10 heteroatoms. The predicted octanol–water partition coefficient (Wildman–Crippen LogP) is 3.31. The first-order valence-electron chi connectivity index (χ1n) is 6.68. The molecule has 2 rings (SSSR count). The minimum absolute atomic E-state index is 0.358. The number of benzene rings is 2. The first-order valence-corrected chi connectivity index (χ1v) is 7.43. The maximum atomic E-state index is 12.3. The highest BCUT2D eigenvalue weighted by Crippen LogP contribution is 2.38. The van der Waals surface area contributed by atoms with Gasteiger partial charge in [0.05, 0.1) is 21.7 Å². The second-order valence-corrected chi connectivity index (χ2v) is 5.56. The molecule has 0 unspecified atom stereocenters. The van der Waals surface area contributed by atoms with Crippen LogP contribution in [0, 0.1) is 0 Å². The van der Waals surface area contributed by atoms with Crippen molar-refractivity contribution in [2.75, 3.05) is 0 Å². The topological polar surface area (TPSA) is 138 Å². The molecule has 0 bridgehead atoms. The number of halogens is 2. The molecular weight excluding hydrogens is 391 g/mol. The van der Waals surface area contributed by atoms with Gasteiger partial charge in [0, 0.05) is 0 Å². The van der Waals surface area contributed by atoms with Crippen LogP contribution in [-0.4, -0.2) is 39.2 Å². The Balaban J connectivity index is 2.63. The van der Waals surface area contributed by atoms with Crippen molar-refractivity contribution >= 4 is 47.1 Å². The lowest BCUT2D eigenvalue weighted by molar-refractivity contribution is 0.0633. The van der Waals surface area contributed by atoms with E-state index in [0.29, 0.717) is 0 Å². The smallest absolute Gasteiger partial charge is 0.344 e. The predicted molar refractivity (Wildman–Crippen MR) is 88.7 cm³/mol. The summed E-state index contributed by atoms with van der Waals surface area (Å²) in [7, 11) is 0. The number of carboxylic acids is 3. The maximum Gasteiger partial charge on any atom is 0.344 e. The number of carbonyl (C=O) groups excluding carboxylic acids is 1. The SMILES string of the molecule is O=C(O)c1ccccc1C(=O)Oc1c(Cl)c(Cl)cc(C(=O)O)c1C(=O)O. The van der Waals surface area contributed by atoms with E-state index in [9.17, 15) is 24.3 Å². The van der Waals surface area contributed by atoms with E-state index in [4.69, 9.17) is 38.2 Å². The van der Waals surface area contributed by atoms with Crippen LogP contribution in [0.4, 0.5) is 0 Å². The minimum atomic E-state index is -1.73. The van der Waals surface area contributed by atoms with Crippen molar-refractivity contribution in [3.63, 3.8) is 0 Å². The summed E-state index contributed by atoms with van der Waals surface area (Å²) >= 11 is 11.6. The molecule has 0 heterocycles. The number of hydrogen-bond donors (Lipinski definition) is 3. The summed E-state index contributed by atoms with van der Waals surface area (Å²) in [4.78, 5) is 46.2. The van der Waals surface area contributed by atoms with Gasteiger partial charge in [-0.05, 0) is 18.2 Å². The standard InChI is InChI=1S/C16H8Cl2O8/c17-9-5-8(14(21)22)10(15(23)24)12(11(9)18)26-16(25)7-4-2-1-3-6(7)13(19)20/h1-5H,(H,19,20)(H,21,22)(H,23,24). The fourth-order valence-electron chi connectivity index (χ4n) is 2.07. The summed E-state index contributed by atoms with van der Waals surface area (Å²) in [5.74, 6) is -6.82. The number of carbonyl (C=O) groups is 4. The average molecular weight is 399 g/mol. The molecule has 0 aliphatic carbocycles. The molecule has 134 valence electrons. The molecule has 0 radical (unpaired) electrons. The van der Waals surface area contributed by atoms with Crippen LogP contribution < -0.4 is 4.74 Å². The van der Waals surface area contributed by atoms with Gasteiger partial charge in [0.2, 0.25) is 0 Å². The number of ether oxygens (including phenoxy) is 1. The first kappa shape index (κ1) is 19.2. The van der Waals surface area contributed by atoms with Crippen molar-refractivity contribution < 1.29 is 39.2 Å². The molecule has 3 N–H and O–H groups in total. The van der Waals surface area contributed by atoms with E-state index >= 15 is 0 Å². The molecule has 0 amide bonds. The number of rotatable bonds is 5. The summed E-state index contributed by atoms with van der Waals surface area (Å²) in [6, 6.07) is 5.82. The van der Waals surface area contributed by atoms with Gasteiger partial charge in [-0.3, -0.25) is 0 Å². The zero-order valence-corrected chi connectivity index (χ0v) is 14.0. The quantitative estimate of drug-likeness (QED) is 0.514. The Morgan fingerprint density at radius 3 is 1.85 bits per heavy atom. The van der Waals surface area contributed by atoms with E-state index in [0.717, 1.165) is 18.2 Å². The normalized spacial score (nSPS) is 10.2. The fourth-order valence-corrected chi connectivity index (χ4v) is 2.46. The number of aromatic carboxylic acids is 3. The third-order valence-electron chi connectivity index (χ3n) is 3.19. The summed E-state index contributed by atoms with van der Waals surface area (Å²) in [6.45, 7) is 0. The molecule has 0 fully saturated rings. The lowest BCUT2D eigenvalue weighted by Gasteiger charge is -2.13. The van der Waals surface area contributed by atoms with Crippen LogP contribution in [0.5, 0.6) is 5.75 Å². The molecule has 0 spiro atoms. The molecule has 0 aliphatic rings. The van der Waals surface area contributed by atoms with Crippen molar-refractivity contribution in [3.8, 4) is 5.75 Å². The van der Waals surface area contributed by atoms with Crippen LogP contribution >= 0.6 is 23.2 Å². The number of hydrogen-bond acceptors (Lipinski definition) is 5. The number of esters is 1. The summed E-state index contributed by atoms with van der Waals surface area (Å²) in [5, 5.41) is 26.7. The third kappa shape index (κ3) is 3.61. The lowest BCUT2D eigenvalue weighted by Crippen LogP contribution is -2.18. The molecule has 26 heavy (non-hydrogen) atoms. The van der Waals surface area contributed by atoms with Gasteiger partial charge in [-0.1, -0.05) is 35.3 Å². The van der Waals surface area contributed by atoms with Crippen LogP contribution in [0.1, 0.15) is 41.4 Å². The molecule has 2 aromatic carbocycles. The Kier molecular flexibility index (Phi) is 5.49. The molecule has 2 aromatic rings. The monoisotopic (exact) mass is 398 g/mol. The third-order valence-corrected chi connectivity index (χ3v) is 3.96. The van der Waals surface area contributed by atoms with E-state index in [-0.39, 0.29) is 10.6 Å². The van der Waals surface area contributed by atoms with Gasteiger partial charge < -0.3 is 20.1 Å². The zero-order valence-electron chi connectivity index (χ0n) is 12.5. The average Bonchev–Trinajstić information content (AvgIpc) is 2.57. The van der Waals surface area contributed by atoms with Crippen LogP contribution in [-0.2, 0) is 0 Å². The fraction of sp³-hybridized carbons (Fsp3) is 0.